The van der Waals surface area contributed by atoms with E-state index in [4.69, 9.17) is 0 Å². The van der Waals surface area contributed by atoms with Crippen molar-refractivity contribution < 1.29 is 9.59 Å². The predicted octanol–water partition coefficient (Wildman–Crippen LogP) is 3.65. The van der Waals surface area contributed by atoms with E-state index < -0.39 is 0 Å². The lowest BCUT2D eigenvalue weighted by Crippen LogP contribution is -2.19. The van der Waals surface area contributed by atoms with Gasteiger partial charge in [0.05, 0.1) is 0 Å². The highest BCUT2D eigenvalue weighted by Crippen LogP contribution is 2.33. The lowest BCUT2D eigenvalue weighted by molar-refractivity contribution is -0.117. The van der Waals surface area contributed by atoms with Crippen molar-refractivity contribution in [2.24, 2.45) is 10.9 Å². The second kappa shape index (κ2) is 7.36. The number of hydrogen-bond acceptors (Lipinski definition) is 6. The van der Waals surface area contributed by atoms with E-state index in [0.29, 0.717) is 16.3 Å². The lowest BCUT2D eigenvalue weighted by atomic mass is 10.0. The number of nitrogens with one attached hydrogen (secondary N) is 1. The van der Waals surface area contributed by atoms with E-state index in [1.807, 2.05) is 17.6 Å². The van der Waals surface area contributed by atoms with Gasteiger partial charge in [-0.3, -0.25) is 24.1 Å². The summed E-state index contributed by atoms with van der Waals surface area (Å²) in [7, 11) is 1.72. The van der Waals surface area contributed by atoms with Crippen molar-refractivity contribution in [1.29, 1.82) is 0 Å². The van der Waals surface area contributed by atoms with Crippen molar-refractivity contribution in [2.45, 2.75) is 26.7 Å². The van der Waals surface area contributed by atoms with Gasteiger partial charge in [0.1, 0.15) is 21.5 Å². The third-order valence-corrected chi connectivity index (χ3v) is 5.92. The maximum Gasteiger partial charge on any atom is 0.229 e. The van der Waals surface area contributed by atoms with Gasteiger partial charge in [0.2, 0.25) is 5.91 Å². The number of carbonyl (C=O) groups is 2. The van der Waals surface area contributed by atoms with Gasteiger partial charge in [0.15, 0.2) is 10.9 Å². The summed E-state index contributed by atoms with van der Waals surface area (Å²) in [5.74, 6) is 0.0562. The van der Waals surface area contributed by atoms with Crippen molar-refractivity contribution in [2.75, 3.05) is 12.4 Å². The number of Topliss-reactive ketones (excluding diaryl/α,β-unsaturated/α-hetero) is 1. The Kier molecular flexibility index (Phi) is 4.87. The van der Waals surface area contributed by atoms with Crippen LogP contribution >= 0.6 is 11.3 Å². The minimum Gasteiger partial charge on any atom is -0.302 e. The van der Waals surface area contributed by atoms with Crippen molar-refractivity contribution in [3.05, 3.63) is 41.7 Å². The second-order valence-electron chi connectivity index (χ2n) is 7.07. The molecule has 29 heavy (non-hydrogen) atoms. The first kappa shape index (κ1) is 19.2. The topological polar surface area (TPSA) is 89.2 Å². The molecule has 3 heterocycles. The van der Waals surface area contributed by atoms with Gasteiger partial charge in [-0.1, -0.05) is 17.9 Å². The van der Waals surface area contributed by atoms with Crippen LogP contribution in [-0.2, 0) is 4.79 Å². The standard InChI is InChI=1S/C21H21N5O2S/c1-5-26-18(22-4)14(15-10-23-16(12(3)27)8-11(15)2)9-17-20(26)29-21(24-17)25-19(28)13-6-7-13/h5,8-10,13H,1,6-7H2,2-4H3,(H,24,25,28). The first-order chi connectivity index (χ1) is 13.9. The third-order valence-electron chi connectivity index (χ3n) is 4.94. The van der Waals surface area contributed by atoms with Crippen LogP contribution in [0.3, 0.4) is 0 Å². The summed E-state index contributed by atoms with van der Waals surface area (Å²) < 4.78 is 1.87. The first-order valence-electron chi connectivity index (χ1n) is 9.33. The molecule has 0 saturated heterocycles. The summed E-state index contributed by atoms with van der Waals surface area (Å²) in [6.45, 7) is 7.36. The highest BCUT2D eigenvalue weighted by Gasteiger charge is 2.30. The fourth-order valence-electron chi connectivity index (χ4n) is 3.25. The quantitative estimate of drug-likeness (QED) is 0.654. The smallest absolute Gasteiger partial charge is 0.229 e. The van der Waals surface area contributed by atoms with Gasteiger partial charge in [-0.2, -0.15) is 0 Å². The lowest BCUT2D eigenvalue weighted by Gasteiger charge is -2.11. The maximum absolute atomic E-state index is 12.1. The van der Waals surface area contributed by atoms with E-state index in [9.17, 15) is 9.59 Å². The molecule has 1 aliphatic rings. The molecule has 0 aliphatic heterocycles. The number of pyridine rings is 2. The Balaban J connectivity index is 1.89. The molecule has 0 aromatic carbocycles. The number of ketones is 1. The summed E-state index contributed by atoms with van der Waals surface area (Å²) in [5.41, 5.74) is 4.49. The van der Waals surface area contributed by atoms with Crippen LogP contribution in [0.4, 0.5) is 5.13 Å². The Bertz CT molecular complexity index is 1230. The number of nitrogens with zero attached hydrogens (tertiary/aromatic N) is 4. The number of fused-ring (bicyclic) bond motifs is 1. The highest BCUT2D eigenvalue weighted by atomic mass is 32.1. The number of hydrogen-bond donors (Lipinski definition) is 1. The molecule has 0 bridgehead atoms. The van der Waals surface area contributed by atoms with E-state index in [2.05, 4.69) is 26.9 Å². The molecule has 1 N–H and O–H groups in total. The first-order valence-corrected chi connectivity index (χ1v) is 10.1. The maximum atomic E-state index is 12.1. The molecule has 0 spiro atoms. The van der Waals surface area contributed by atoms with Gasteiger partial charge >= 0.3 is 0 Å². The molecular weight excluding hydrogens is 386 g/mol. The van der Waals surface area contributed by atoms with Crippen LogP contribution in [-0.4, -0.2) is 33.3 Å². The van der Waals surface area contributed by atoms with Gasteiger partial charge in [-0.25, -0.2) is 4.98 Å². The van der Waals surface area contributed by atoms with Crippen LogP contribution < -0.4 is 10.8 Å². The largest absolute Gasteiger partial charge is 0.302 e. The zero-order valence-electron chi connectivity index (χ0n) is 16.5. The molecule has 0 radical (unpaired) electrons. The Hall–Kier alpha value is -3.13. The zero-order chi connectivity index (χ0) is 20.7. The second-order valence-corrected chi connectivity index (χ2v) is 8.05. The van der Waals surface area contributed by atoms with Crippen molar-refractivity contribution in [1.82, 2.24) is 14.5 Å². The Morgan fingerprint density at radius 2 is 2.10 bits per heavy atom. The molecule has 1 fully saturated rings. The molecule has 148 valence electrons. The molecule has 3 aromatic heterocycles. The molecule has 4 rings (SSSR count). The number of anilines is 1. The monoisotopic (exact) mass is 407 g/mol. The Morgan fingerprint density at radius 3 is 2.69 bits per heavy atom. The Morgan fingerprint density at radius 1 is 1.34 bits per heavy atom. The minimum atomic E-state index is -0.0767. The van der Waals surface area contributed by atoms with E-state index in [1.54, 1.807) is 25.5 Å². The van der Waals surface area contributed by atoms with Gasteiger partial charge in [-0.15, -0.1) is 0 Å². The molecule has 0 unspecified atom stereocenters. The summed E-state index contributed by atoms with van der Waals surface area (Å²) in [4.78, 5) is 38.0. The fraction of sp³-hybridized carbons (Fsp3) is 0.286. The number of aryl methyl sites for hydroxylation is 1. The molecule has 1 aliphatic carbocycles. The average Bonchev–Trinajstić information content (AvgIpc) is 3.47. The Labute approximate surface area is 171 Å². The molecule has 7 nitrogen and oxygen atoms in total. The van der Waals surface area contributed by atoms with Crippen LogP contribution in [0.1, 0.15) is 35.8 Å². The third kappa shape index (κ3) is 3.51. The van der Waals surface area contributed by atoms with Crippen molar-refractivity contribution >= 4 is 44.7 Å². The predicted molar refractivity (Wildman–Crippen MR) is 115 cm³/mol. The summed E-state index contributed by atoms with van der Waals surface area (Å²) in [6, 6.07) is 3.72. The van der Waals surface area contributed by atoms with Gasteiger partial charge in [-0.05, 0) is 37.5 Å². The minimum absolute atomic E-state index is 0.0229. The average molecular weight is 407 g/mol. The number of thiazole rings is 1. The molecule has 1 saturated carbocycles. The van der Waals surface area contributed by atoms with E-state index in [-0.39, 0.29) is 17.6 Å². The molecule has 0 atom stereocenters. The van der Waals surface area contributed by atoms with E-state index >= 15 is 0 Å². The molecule has 1 amide bonds. The number of aromatic nitrogens is 3. The van der Waals surface area contributed by atoms with Crippen LogP contribution in [0.5, 0.6) is 0 Å². The fourth-order valence-corrected chi connectivity index (χ4v) is 4.20. The molecular formula is C21H21N5O2S. The molecule has 3 aromatic rings. The van der Waals surface area contributed by atoms with Crippen LogP contribution in [0, 0.1) is 12.8 Å². The summed E-state index contributed by atoms with van der Waals surface area (Å²) in [5, 5.41) is 3.48. The number of carbonyl (C=O) groups excluding carboxylic acids is 2. The number of amides is 1. The van der Waals surface area contributed by atoms with Crippen LogP contribution in [0.15, 0.2) is 29.9 Å². The SMILES string of the molecule is C=Cn1c(=NC)c(-c2cnc(C(C)=O)cc2C)cc2nc(NC(=O)C3CC3)sc21. The highest BCUT2D eigenvalue weighted by molar-refractivity contribution is 7.22. The molecule has 8 heteroatoms. The normalized spacial score (nSPS) is 14.2. The summed E-state index contributed by atoms with van der Waals surface area (Å²) >= 11 is 1.39. The number of rotatable bonds is 5. The van der Waals surface area contributed by atoms with E-state index in [0.717, 1.165) is 39.9 Å². The van der Waals surface area contributed by atoms with Gasteiger partial charge in [0, 0.05) is 43.4 Å². The summed E-state index contributed by atoms with van der Waals surface area (Å²) in [6.07, 6.45) is 5.26. The van der Waals surface area contributed by atoms with Crippen molar-refractivity contribution in [3.8, 4) is 11.1 Å². The van der Waals surface area contributed by atoms with Gasteiger partial charge < -0.3 is 5.32 Å². The zero-order valence-corrected chi connectivity index (χ0v) is 17.3. The van der Waals surface area contributed by atoms with Crippen LogP contribution in [0.25, 0.3) is 27.7 Å². The van der Waals surface area contributed by atoms with Gasteiger partial charge in [0.25, 0.3) is 0 Å². The van der Waals surface area contributed by atoms with E-state index in [1.165, 1.54) is 18.3 Å². The van der Waals surface area contributed by atoms with Crippen molar-refractivity contribution in [3.63, 3.8) is 0 Å². The van der Waals surface area contributed by atoms with Crippen LogP contribution in [0.2, 0.25) is 0 Å².